The zero-order valence-corrected chi connectivity index (χ0v) is 17.0. The van der Waals surface area contributed by atoms with Crippen molar-refractivity contribution in [1.82, 2.24) is 9.88 Å². The van der Waals surface area contributed by atoms with Crippen LogP contribution in [-0.2, 0) is 0 Å². The number of carbonyl (C=O) groups is 1. The fourth-order valence-corrected chi connectivity index (χ4v) is 3.91. The minimum atomic E-state index is -0.0148. The number of aromatic nitrogens is 1. The van der Waals surface area contributed by atoms with Gasteiger partial charge in [-0.2, -0.15) is 0 Å². The van der Waals surface area contributed by atoms with Crippen molar-refractivity contribution in [1.29, 1.82) is 0 Å². The molecule has 1 amide bonds. The lowest BCUT2D eigenvalue weighted by Crippen LogP contribution is -2.38. The summed E-state index contributed by atoms with van der Waals surface area (Å²) < 4.78 is 0. The zero-order chi connectivity index (χ0) is 19.6. The first-order chi connectivity index (χ1) is 12.9. The highest BCUT2D eigenvalue weighted by Crippen LogP contribution is 2.38. The van der Waals surface area contributed by atoms with Crippen LogP contribution in [0.25, 0.3) is 0 Å². The highest BCUT2D eigenvalue weighted by atomic mass is 16.2. The lowest BCUT2D eigenvalue weighted by molar-refractivity contribution is 0.0994. The van der Waals surface area contributed by atoms with Crippen LogP contribution in [-0.4, -0.2) is 48.0 Å². The van der Waals surface area contributed by atoms with Crippen LogP contribution in [0.4, 0.5) is 17.2 Å². The maximum atomic E-state index is 13.0. The van der Waals surface area contributed by atoms with E-state index in [-0.39, 0.29) is 5.91 Å². The van der Waals surface area contributed by atoms with Crippen LogP contribution in [0, 0.1) is 0 Å². The molecule has 0 radical (unpaired) electrons. The van der Waals surface area contributed by atoms with E-state index in [1.54, 1.807) is 11.1 Å². The third-order valence-corrected chi connectivity index (χ3v) is 5.24. The Morgan fingerprint density at radius 1 is 1.00 bits per heavy atom. The molecule has 2 heterocycles. The predicted octanol–water partition coefficient (Wildman–Crippen LogP) is 4.32. The van der Waals surface area contributed by atoms with Crippen LogP contribution in [0.3, 0.4) is 0 Å². The van der Waals surface area contributed by atoms with E-state index in [9.17, 15) is 4.79 Å². The van der Waals surface area contributed by atoms with Gasteiger partial charge < -0.3 is 9.80 Å². The van der Waals surface area contributed by atoms with Crippen LogP contribution in [0.5, 0.6) is 0 Å². The van der Waals surface area contributed by atoms with E-state index in [4.69, 9.17) is 0 Å². The van der Waals surface area contributed by atoms with E-state index in [0.717, 1.165) is 36.7 Å². The Labute approximate surface area is 162 Å². The molecule has 5 nitrogen and oxygen atoms in total. The first kappa shape index (κ1) is 19.4. The van der Waals surface area contributed by atoms with Crippen molar-refractivity contribution < 1.29 is 4.79 Å². The molecule has 0 bridgehead atoms. The van der Waals surface area contributed by atoms with E-state index < -0.39 is 0 Å². The number of hydrogen-bond donors (Lipinski definition) is 0. The van der Waals surface area contributed by atoms with Gasteiger partial charge in [0, 0.05) is 38.4 Å². The Kier molecular flexibility index (Phi) is 5.80. The van der Waals surface area contributed by atoms with Crippen LogP contribution in [0.2, 0.25) is 0 Å². The zero-order valence-electron chi connectivity index (χ0n) is 17.0. The standard InChI is InChI=1S/C22H30N4O/c1-16(2)25(17(3)4)14-9-15-26-20-12-7-6-11-19(20)24(5)22(27)18-10-8-13-23-21(18)26/h6-8,10-13,16-17H,9,14-15H2,1-5H3. The molecule has 27 heavy (non-hydrogen) atoms. The molecule has 1 aliphatic rings. The van der Waals surface area contributed by atoms with Crippen molar-refractivity contribution in [3.8, 4) is 0 Å². The van der Waals surface area contributed by atoms with Gasteiger partial charge in [-0.05, 0) is 58.4 Å². The Balaban J connectivity index is 1.93. The summed E-state index contributed by atoms with van der Waals surface area (Å²) >= 11 is 0. The fourth-order valence-electron chi connectivity index (χ4n) is 3.91. The Hall–Kier alpha value is -2.40. The number of carbonyl (C=O) groups excluding carboxylic acids is 1. The number of amides is 1. The molecular weight excluding hydrogens is 336 g/mol. The quantitative estimate of drug-likeness (QED) is 0.763. The smallest absolute Gasteiger partial charge is 0.261 e. The number of fused-ring (bicyclic) bond motifs is 2. The summed E-state index contributed by atoms with van der Waals surface area (Å²) in [6.45, 7) is 10.8. The van der Waals surface area contributed by atoms with Crippen LogP contribution in [0.1, 0.15) is 44.5 Å². The number of benzene rings is 1. The fraction of sp³-hybridized carbons (Fsp3) is 0.455. The average molecular weight is 367 g/mol. The molecule has 0 saturated heterocycles. The van der Waals surface area contributed by atoms with Crippen molar-refractivity contribution >= 4 is 23.1 Å². The maximum Gasteiger partial charge on any atom is 0.261 e. The van der Waals surface area contributed by atoms with Gasteiger partial charge in [-0.25, -0.2) is 4.98 Å². The Bertz CT molecular complexity index is 794. The van der Waals surface area contributed by atoms with Crippen LogP contribution >= 0.6 is 0 Å². The van der Waals surface area contributed by atoms with E-state index in [0.29, 0.717) is 17.6 Å². The summed E-state index contributed by atoms with van der Waals surface area (Å²) in [4.78, 5) is 24.0. The maximum absolute atomic E-state index is 13.0. The summed E-state index contributed by atoms with van der Waals surface area (Å²) in [5.41, 5.74) is 2.61. The molecule has 1 aromatic carbocycles. The van der Waals surface area contributed by atoms with Crippen molar-refractivity contribution in [2.75, 3.05) is 29.9 Å². The second-order valence-corrected chi connectivity index (χ2v) is 7.66. The second-order valence-electron chi connectivity index (χ2n) is 7.66. The first-order valence-corrected chi connectivity index (χ1v) is 9.77. The highest BCUT2D eigenvalue weighted by Gasteiger charge is 2.29. The lowest BCUT2D eigenvalue weighted by atomic mass is 10.2. The summed E-state index contributed by atoms with van der Waals surface area (Å²) in [6, 6.07) is 12.8. The predicted molar refractivity (Wildman–Crippen MR) is 112 cm³/mol. The van der Waals surface area contributed by atoms with E-state index in [1.807, 2.05) is 37.4 Å². The molecular formula is C22H30N4O. The van der Waals surface area contributed by atoms with Gasteiger partial charge in [0.25, 0.3) is 5.91 Å². The Morgan fingerprint density at radius 2 is 1.67 bits per heavy atom. The van der Waals surface area contributed by atoms with Gasteiger partial charge in [0.1, 0.15) is 5.82 Å². The number of para-hydroxylation sites is 2. The van der Waals surface area contributed by atoms with Crippen molar-refractivity contribution in [2.45, 2.75) is 46.2 Å². The summed E-state index contributed by atoms with van der Waals surface area (Å²) in [7, 11) is 1.83. The molecule has 3 rings (SSSR count). The second kappa shape index (κ2) is 8.09. The minimum Gasteiger partial charge on any atom is -0.324 e. The average Bonchev–Trinajstić information content (AvgIpc) is 2.74. The number of rotatable bonds is 6. The van der Waals surface area contributed by atoms with Crippen LogP contribution in [0.15, 0.2) is 42.6 Å². The molecule has 0 aliphatic carbocycles. The molecule has 144 valence electrons. The third-order valence-electron chi connectivity index (χ3n) is 5.24. The van der Waals surface area contributed by atoms with Gasteiger partial charge >= 0.3 is 0 Å². The molecule has 1 aliphatic heterocycles. The van der Waals surface area contributed by atoms with E-state index in [2.05, 4.69) is 48.5 Å². The largest absolute Gasteiger partial charge is 0.324 e. The summed E-state index contributed by atoms with van der Waals surface area (Å²) in [5.74, 6) is 0.735. The normalized spacial score (nSPS) is 14.0. The van der Waals surface area contributed by atoms with Crippen molar-refractivity contribution in [2.24, 2.45) is 0 Å². The molecule has 0 N–H and O–H groups in total. The number of hydrogen-bond acceptors (Lipinski definition) is 4. The molecule has 1 aromatic heterocycles. The van der Waals surface area contributed by atoms with Gasteiger partial charge in [0.05, 0.1) is 16.9 Å². The third kappa shape index (κ3) is 3.83. The summed E-state index contributed by atoms with van der Waals surface area (Å²) in [5, 5.41) is 0. The molecule has 0 fully saturated rings. The van der Waals surface area contributed by atoms with E-state index >= 15 is 0 Å². The SMILES string of the molecule is CC(C)N(CCCN1c2ccccc2N(C)C(=O)c2cccnc21)C(C)C. The minimum absolute atomic E-state index is 0.0148. The topological polar surface area (TPSA) is 39.7 Å². The van der Waals surface area contributed by atoms with Crippen molar-refractivity contribution in [3.63, 3.8) is 0 Å². The van der Waals surface area contributed by atoms with Gasteiger partial charge in [0.15, 0.2) is 0 Å². The summed E-state index contributed by atoms with van der Waals surface area (Å²) in [6.07, 6.45) is 2.76. The molecule has 0 spiro atoms. The number of nitrogens with zero attached hydrogens (tertiary/aromatic N) is 4. The highest BCUT2D eigenvalue weighted by molar-refractivity contribution is 6.12. The number of anilines is 3. The lowest BCUT2D eigenvalue weighted by Gasteiger charge is -2.32. The van der Waals surface area contributed by atoms with Crippen LogP contribution < -0.4 is 9.80 Å². The monoisotopic (exact) mass is 366 g/mol. The van der Waals surface area contributed by atoms with E-state index in [1.165, 1.54) is 0 Å². The molecule has 0 atom stereocenters. The molecule has 2 aromatic rings. The van der Waals surface area contributed by atoms with Gasteiger partial charge in [-0.15, -0.1) is 0 Å². The van der Waals surface area contributed by atoms with Gasteiger partial charge in [-0.3, -0.25) is 9.69 Å². The molecule has 0 saturated carbocycles. The van der Waals surface area contributed by atoms with Gasteiger partial charge in [-0.1, -0.05) is 12.1 Å². The first-order valence-electron chi connectivity index (χ1n) is 9.77. The number of pyridine rings is 1. The molecule has 0 unspecified atom stereocenters. The van der Waals surface area contributed by atoms with Crippen molar-refractivity contribution in [3.05, 3.63) is 48.2 Å². The van der Waals surface area contributed by atoms with Gasteiger partial charge in [0.2, 0.25) is 0 Å². The molecule has 5 heteroatoms. The Morgan fingerprint density at radius 3 is 2.33 bits per heavy atom.